The Labute approximate surface area is 101 Å². The van der Waals surface area contributed by atoms with Gasteiger partial charge in [-0.3, -0.25) is 4.79 Å². The second-order valence-electron chi connectivity index (χ2n) is 4.35. The van der Waals surface area contributed by atoms with Gasteiger partial charge in [-0.05, 0) is 37.5 Å². The van der Waals surface area contributed by atoms with Crippen molar-refractivity contribution in [1.29, 1.82) is 0 Å². The highest BCUT2D eigenvalue weighted by Crippen LogP contribution is 2.17. The highest BCUT2D eigenvalue weighted by Gasteiger charge is 2.16. The van der Waals surface area contributed by atoms with Gasteiger partial charge in [0.25, 0.3) is 5.91 Å². The molecule has 0 aliphatic carbocycles. The van der Waals surface area contributed by atoms with Gasteiger partial charge in [0.05, 0.1) is 6.10 Å². The van der Waals surface area contributed by atoms with Crippen molar-refractivity contribution in [3.63, 3.8) is 0 Å². The van der Waals surface area contributed by atoms with Crippen LogP contribution >= 0.6 is 0 Å². The number of ether oxygens (including phenoxy) is 1. The first-order valence-electron chi connectivity index (χ1n) is 5.86. The summed E-state index contributed by atoms with van der Waals surface area (Å²) in [4.78, 5) is 11.8. The number of hydrogen-bond donors (Lipinski definition) is 2. The first-order chi connectivity index (χ1) is 8.16. The number of aryl methyl sites for hydroxylation is 1. The monoisotopic (exact) mass is 235 g/mol. The van der Waals surface area contributed by atoms with E-state index in [0.717, 1.165) is 25.0 Å². The molecule has 1 aromatic rings. The molecule has 0 bridgehead atoms. The van der Waals surface area contributed by atoms with Crippen LogP contribution in [0.1, 0.15) is 28.8 Å². The van der Waals surface area contributed by atoms with Crippen LogP contribution in [0.15, 0.2) is 18.2 Å². The molecule has 1 unspecified atom stereocenters. The van der Waals surface area contributed by atoms with Gasteiger partial charge in [-0.15, -0.1) is 0 Å². The molecule has 1 atom stereocenters. The molecule has 0 saturated carbocycles. The first kappa shape index (κ1) is 11.9. The molecule has 1 aliphatic rings. The van der Waals surface area contributed by atoms with Gasteiger partial charge in [-0.1, -0.05) is 6.07 Å². The molecule has 2 N–H and O–H groups in total. The number of phenols is 1. The molecule has 0 spiro atoms. The quantitative estimate of drug-likeness (QED) is 0.836. The maximum atomic E-state index is 11.8. The lowest BCUT2D eigenvalue weighted by atomic mass is 10.1. The van der Waals surface area contributed by atoms with E-state index in [1.54, 1.807) is 19.1 Å². The minimum Gasteiger partial charge on any atom is -0.508 e. The SMILES string of the molecule is Cc1ccc(C(=O)NCC2CCCO2)cc1O. The van der Waals surface area contributed by atoms with Gasteiger partial charge in [0.1, 0.15) is 5.75 Å². The third kappa shape index (κ3) is 2.97. The predicted octanol–water partition coefficient (Wildman–Crippen LogP) is 1.61. The Balaban J connectivity index is 1.92. The van der Waals surface area contributed by atoms with Gasteiger partial charge >= 0.3 is 0 Å². The van der Waals surface area contributed by atoms with Crippen molar-refractivity contribution in [3.05, 3.63) is 29.3 Å². The minimum atomic E-state index is -0.171. The molecule has 17 heavy (non-hydrogen) atoms. The molecule has 92 valence electrons. The zero-order valence-corrected chi connectivity index (χ0v) is 9.90. The van der Waals surface area contributed by atoms with Crippen LogP contribution < -0.4 is 5.32 Å². The van der Waals surface area contributed by atoms with Crippen molar-refractivity contribution < 1.29 is 14.6 Å². The predicted molar refractivity (Wildman–Crippen MR) is 64.2 cm³/mol. The average Bonchev–Trinajstić information content (AvgIpc) is 2.82. The molecule has 1 aromatic carbocycles. The number of amides is 1. The van der Waals surface area contributed by atoms with Crippen LogP contribution in [0.25, 0.3) is 0 Å². The summed E-state index contributed by atoms with van der Waals surface area (Å²) in [6, 6.07) is 4.93. The number of carbonyl (C=O) groups excluding carboxylic acids is 1. The number of benzene rings is 1. The lowest BCUT2D eigenvalue weighted by Gasteiger charge is -2.11. The van der Waals surface area contributed by atoms with Crippen LogP contribution in [0, 0.1) is 6.92 Å². The number of carbonyl (C=O) groups is 1. The topological polar surface area (TPSA) is 58.6 Å². The van der Waals surface area contributed by atoms with E-state index >= 15 is 0 Å². The van der Waals surface area contributed by atoms with Crippen LogP contribution in [0.3, 0.4) is 0 Å². The number of hydrogen-bond acceptors (Lipinski definition) is 3. The summed E-state index contributed by atoms with van der Waals surface area (Å²) in [5.74, 6) is -0.0226. The van der Waals surface area contributed by atoms with Crippen molar-refractivity contribution in [3.8, 4) is 5.75 Å². The van der Waals surface area contributed by atoms with Crippen LogP contribution in [-0.2, 0) is 4.74 Å². The molecule has 1 amide bonds. The fourth-order valence-corrected chi connectivity index (χ4v) is 1.86. The van der Waals surface area contributed by atoms with Crippen molar-refractivity contribution >= 4 is 5.91 Å². The van der Waals surface area contributed by atoms with Crippen LogP contribution in [-0.4, -0.2) is 30.3 Å². The molecule has 1 aliphatic heterocycles. The summed E-state index contributed by atoms with van der Waals surface area (Å²) in [6.07, 6.45) is 2.20. The molecule has 1 saturated heterocycles. The third-order valence-corrected chi connectivity index (χ3v) is 2.99. The first-order valence-corrected chi connectivity index (χ1v) is 5.86. The summed E-state index contributed by atoms with van der Waals surface area (Å²) >= 11 is 0. The van der Waals surface area contributed by atoms with Crippen molar-refractivity contribution in [2.24, 2.45) is 0 Å². The van der Waals surface area contributed by atoms with Gasteiger partial charge in [-0.25, -0.2) is 0 Å². The maximum Gasteiger partial charge on any atom is 0.251 e. The standard InChI is InChI=1S/C13H17NO3/c1-9-4-5-10(7-12(9)15)13(16)14-8-11-3-2-6-17-11/h4-5,7,11,15H,2-3,6,8H2,1H3,(H,14,16). The molecular weight excluding hydrogens is 218 g/mol. The van der Waals surface area contributed by atoms with Gasteiger partial charge in [0, 0.05) is 18.7 Å². The summed E-state index contributed by atoms with van der Waals surface area (Å²) in [5, 5.41) is 12.3. The van der Waals surface area contributed by atoms with E-state index in [9.17, 15) is 9.90 Å². The van der Waals surface area contributed by atoms with E-state index in [1.807, 2.05) is 0 Å². The van der Waals surface area contributed by atoms with Gasteiger partial charge < -0.3 is 15.2 Å². The molecule has 0 radical (unpaired) electrons. The molecular formula is C13H17NO3. The smallest absolute Gasteiger partial charge is 0.251 e. The summed E-state index contributed by atoms with van der Waals surface area (Å²) in [7, 11) is 0. The fraction of sp³-hybridized carbons (Fsp3) is 0.462. The summed E-state index contributed by atoms with van der Waals surface area (Å²) in [5.41, 5.74) is 1.24. The highest BCUT2D eigenvalue weighted by atomic mass is 16.5. The highest BCUT2D eigenvalue weighted by molar-refractivity contribution is 5.94. The summed E-state index contributed by atoms with van der Waals surface area (Å²) < 4.78 is 5.42. The van der Waals surface area contributed by atoms with E-state index in [2.05, 4.69) is 5.32 Å². The van der Waals surface area contributed by atoms with Crippen molar-refractivity contribution in [1.82, 2.24) is 5.32 Å². The third-order valence-electron chi connectivity index (χ3n) is 2.99. The molecule has 0 aromatic heterocycles. The van der Waals surface area contributed by atoms with Crippen molar-refractivity contribution in [2.75, 3.05) is 13.2 Å². The number of rotatable bonds is 3. The minimum absolute atomic E-state index is 0.137. The molecule has 4 heteroatoms. The number of nitrogens with one attached hydrogen (secondary N) is 1. The Kier molecular flexibility index (Phi) is 3.64. The van der Waals surface area contributed by atoms with E-state index in [0.29, 0.717) is 12.1 Å². The molecule has 2 rings (SSSR count). The second kappa shape index (κ2) is 5.19. The Bertz CT molecular complexity index is 411. The van der Waals surface area contributed by atoms with E-state index in [-0.39, 0.29) is 17.8 Å². The fourth-order valence-electron chi connectivity index (χ4n) is 1.86. The second-order valence-corrected chi connectivity index (χ2v) is 4.35. The maximum absolute atomic E-state index is 11.8. The largest absolute Gasteiger partial charge is 0.508 e. The number of aromatic hydroxyl groups is 1. The van der Waals surface area contributed by atoms with Crippen LogP contribution in [0.5, 0.6) is 5.75 Å². The molecule has 1 fully saturated rings. The molecule has 1 heterocycles. The Morgan fingerprint density at radius 3 is 3.06 bits per heavy atom. The molecule has 4 nitrogen and oxygen atoms in total. The van der Waals surface area contributed by atoms with Gasteiger partial charge in [0.2, 0.25) is 0 Å². The Morgan fingerprint density at radius 1 is 1.59 bits per heavy atom. The average molecular weight is 235 g/mol. The summed E-state index contributed by atoms with van der Waals surface area (Å²) in [6.45, 7) is 3.11. The van der Waals surface area contributed by atoms with E-state index in [1.165, 1.54) is 6.07 Å². The van der Waals surface area contributed by atoms with Crippen molar-refractivity contribution in [2.45, 2.75) is 25.9 Å². The Hall–Kier alpha value is -1.55. The van der Waals surface area contributed by atoms with Gasteiger partial charge in [0.15, 0.2) is 0 Å². The van der Waals surface area contributed by atoms with Gasteiger partial charge in [-0.2, -0.15) is 0 Å². The van der Waals surface area contributed by atoms with Crippen LogP contribution in [0.4, 0.5) is 0 Å². The lowest BCUT2D eigenvalue weighted by Crippen LogP contribution is -2.31. The normalized spacial score (nSPS) is 19.2. The zero-order valence-electron chi connectivity index (χ0n) is 9.90. The van der Waals surface area contributed by atoms with Crippen LogP contribution in [0.2, 0.25) is 0 Å². The Morgan fingerprint density at radius 2 is 2.41 bits per heavy atom. The zero-order chi connectivity index (χ0) is 12.3. The lowest BCUT2D eigenvalue weighted by molar-refractivity contribution is 0.0857. The van der Waals surface area contributed by atoms with E-state index < -0.39 is 0 Å². The van der Waals surface area contributed by atoms with E-state index in [4.69, 9.17) is 4.74 Å². The number of phenolic OH excluding ortho intramolecular Hbond substituents is 1.